The number of ether oxygens (including phenoxy) is 1. The zero-order chi connectivity index (χ0) is 14.6. The smallest absolute Gasteiger partial charge is 0.246 e. The lowest BCUT2D eigenvalue weighted by molar-refractivity contribution is -0.114. The molecule has 0 spiro atoms. The molecule has 0 radical (unpaired) electrons. The third kappa shape index (κ3) is 3.68. The summed E-state index contributed by atoms with van der Waals surface area (Å²) in [5.74, 6) is 0.00247. The summed E-state index contributed by atoms with van der Waals surface area (Å²) >= 11 is 0. The minimum atomic E-state index is -3.63. The van der Waals surface area contributed by atoms with E-state index in [2.05, 4.69) is 5.32 Å². The number of benzene rings is 1. The first-order chi connectivity index (χ1) is 8.78. The van der Waals surface area contributed by atoms with Crippen LogP contribution in [-0.2, 0) is 14.8 Å². The number of hydrogen-bond acceptors (Lipinski definition) is 4. The molecular formula is C12H18N2O4S. The van der Waals surface area contributed by atoms with E-state index < -0.39 is 10.0 Å². The Morgan fingerprint density at radius 1 is 1.37 bits per heavy atom. The van der Waals surface area contributed by atoms with Gasteiger partial charge in [-0.25, -0.2) is 12.7 Å². The second-order valence-corrected chi connectivity index (χ2v) is 6.18. The first kappa shape index (κ1) is 15.5. The third-order valence-electron chi connectivity index (χ3n) is 2.32. The zero-order valence-corrected chi connectivity index (χ0v) is 12.2. The van der Waals surface area contributed by atoms with Gasteiger partial charge in [-0.2, -0.15) is 0 Å². The van der Waals surface area contributed by atoms with Gasteiger partial charge >= 0.3 is 0 Å². The fourth-order valence-electron chi connectivity index (χ4n) is 1.46. The number of nitrogens with one attached hydrogen (secondary N) is 1. The average Bonchev–Trinajstić information content (AvgIpc) is 2.30. The molecule has 0 fully saturated rings. The van der Waals surface area contributed by atoms with Crippen LogP contribution in [0.4, 0.5) is 5.69 Å². The maximum absolute atomic E-state index is 12.2. The molecule has 0 saturated heterocycles. The molecule has 0 aliphatic rings. The second-order valence-electron chi connectivity index (χ2n) is 4.06. The van der Waals surface area contributed by atoms with Crippen LogP contribution < -0.4 is 10.1 Å². The molecule has 1 aromatic carbocycles. The van der Waals surface area contributed by atoms with E-state index >= 15 is 0 Å². The van der Waals surface area contributed by atoms with E-state index in [-0.39, 0.29) is 16.6 Å². The highest BCUT2D eigenvalue weighted by Crippen LogP contribution is 2.29. The van der Waals surface area contributed by atoms with Gasteiger partial charge in [-0.1, -0.05) is 0 Å². The molecule has 19 heavy (non-hydrogen) atoms. The van der Waals surface area contributed by atoms with E-state index in [0.29, 0.717) is 12.3 Å². The Hall–Kier alpha value is -1.60. The summed E-state index contributed by atoms with van der Waals surface area (Å²) in [7, 11) is -0.750. The van der Waals surface area contributed by atoms with E-state index in [1.165, 1.54) is 33.2 Å². The molecule has 1 amide bonds. The standard InChI is InChI=1S/C12H18N2O4S/c1-5-18-11-7-6-10(13-9(2)15)8-12(11)19(16,17)14(3)4/h6-8H,5H2,1-4H3,(H,13,15). The molecule has 6 nitrogen and oxygen atoms in total. The van der Waals surface area contributed by atoms with Gasteiger partial charge in [-0.05, 0) is 25.1 Å². The Balaban J connectivity index is 3.35. The summed E-state index contributed by atoms with van der Waals surface area (Å²) < 4.78 is 30.8. The van der Waals surface area contributed by atoms with Crippen LogP contribution in [0.15, 0.2) is 23.1 Å². The van der Waals surface area contributed by atoms with E-state index in [0.717, 1.165) is 4.31 Å². The minimum absolute atomic E-state index is 0.0330. The first-order valence-electron chi connectivity index (χ1n) is 5.76. The maximum atomic E-state index is 12.2. The van der Waals surface area contributed by atoms with Crippen LogP contribution in [0.5, 0.6) is 5.75 Å². The molecule has 1 rings (SSSR count). The van der Waals surface area contributed by atoms with Gasteiger partial charge in [0, 0.05) is 26.7 Å². The van der Waals surface area contributed by atoms with E-state index in [4.69, 9.17) is 4.74 Å². The fraction of sp³-hybridized carbons (Fsp3) is 0.417. The van der Waals surface area contributed by atoms with Gasteiger partial charge in [0.1, 0.15) is 10.6 Å². The van der Waals surface area contributed by atoms with Crippen molar-refractivity contribution < 1.29 is 17.9 Å². The van der Waals surface area contributed by atoms with Gasteiger partial charge in [0.15, 0.2) is 0 Å². The summed E-state index contributed by atoms with van der Waals surface area (Å²) in [5.41, 5.74) is 0.413. The number of anilines is 1. The Morgan fingerprint density at radius 3 is 2.47 bits per heavy atom. The van der Waals surface area contributed by atoms with Crippen molar-refractivity contribution >= 4 is 21.6 Å². The summed E-state index contributed by atoms with van der Waals surface area (Å²) in [6.07, 6.45) is 0. The molecule has 0 aliphatic heterocycles. The molecule has 1 aromatic rings. The van der Waals surface area contributed by atoms with Gasteiger partial charge in [-0.3, -0.25) is 4.79 Å². The molecule has 1 N–H and O–H groups in total. The van der Waals surface area contributed by atoms with Gasteiger partial charge in [0.25, 0.3) is 0 Å². The maximum Gasteiger partial charge on any atom is 0.246 e. The van der Waals surface area contributed by atoms with Crippen molar-refractivity contribution in [3.05, 3.63) is 18.2 Å². The van der Waals surface area contributed by atoms with E-state index in [1.807, 2.05) is 0 Å². The van der Waals surface area contributed by atoms with Crippen LogP contribution in [0.25, 0.3) is 0 Å². The monoisotopic (exact) mass is 286 g/mol. The molecular weight excluding hydrogens is 268 g/mol. The molecule has 0 heterocycles. The third-order valence-corrected chi connectivity index (χ3v) is 4.16. The van der Waals surface area contributed by atoms with Crippen LogP contribution in [0, 0.1) is 0 Å². The number of amides is 1. The lowest BCUT2D eigenvalue weighted by Crippen LogP contribution is -2.23. The van der Waals surface area contributed by atoms with Crippen LogP contribution in [0.3, 0.4) is 0 Å². The van der Waals surface area contributed by atoms with Crippen molar-refractivity contribution in [2.24, 2.45) is 0 Å². The molecule has 0 aromatic heterocycles. The molecule has 0 saturated carbocycles. The van der Waals surface area contributed by atoms with Gasteiger partial charge in [0.2, 0.25) is 15.9 Å². The quantitative estimate of drug-likeness (QED) is 0.885. The summed E-state index contributed by atoms with van der Waals surface area (Å²) in [6.45, 7) is 3.49. The van der Waals surface area contributed by atoms with Crippen molar-refractivity contribution in [2.45, 2.75) is 18.7 Å². The molecule has 0 bridgehead atoms. The predicted molar refractivity (Wildman–Crippen MR) is 72.8 cm³/mol. The Bertz CT molecular complexity index is 567. The highest BCUT2D eigenvalue weighted by atomic mass is 32.2. The van der Waals surface area contributed by atoms with Crippen LogP contribution in [0.2, 0.25) is 0 Å². The molecule has 0 atom stereocenters. The number of nitrogens with zero attached hydrogens (tertiary/aromatic N) is 1. The SMILES string of the molecule is CCOc1ccc(NC(C)=O)cc1S(=O)(=O)N(C)C. The van der Waals surface area contributed by atoms with Gasteiger partial charge in [-0.15, -0.1) is 0 Å². The van der Waals surface area contributed by atoms with Crippen LogP contribution in [-0.4, -0.2) is 39.3 Å². The Morgan fingerprint density at radius 2 is 2.00 bits per heavy atom. The van der Waals surface area contributed by atoms with Crippen LogP contribution in [0.1, 0.15) is 13.8 Å². The van der Waals surface area contributed by atoms with Crippen molar-refractivity contribution in [1.29, 1.82) is 0 Å². The van der Waals surface area contributed by atoms with Crippen molar-refractivity contribution in [1.82, 2.24) is 4.31 Å². The van der Waals surface area contributed by atoms with Gasteiger partial charge in [0.05, 0.1) is 6.61 Å². The molecule has 0 aliphatic carbocycles. The number of hydrogen-bond donors (Lipinski definition) is 1. The number of sulfonamides is 1. The Kier molecular flexibility index (Phi) is 4.90. The second kappa shape index (κ2) is 6.03. The highest BCUT2D eigenvalue weighted by Gasteiger charge is 2.23. The molecule has 7 heteroatoms. The summed E-state index contributed by atoms with van der Waals surface area (Å²) in [4.78, 5) is 11.0. The predicted octanol–water partition coefficient (Wildman–Crippen LogP) is 1.29. The van der Waals surface area contributed by atoms with Crippen molar-refractivity contribution in [2.75, 3.05) is 26.0 Å². The number of carbonyl (C=O) groups is 1. The largest absolute Gasteiger partial charge is 0.492 e. The highest BCUT2D eigenvalue weighted by molar-refractivity contribution is 7.89. The van der Waals surface area contributed by atoms with Crippen molar-refractivity contribution in [3.63, 3.8) is 0 Å². The van der Waals surface area contributed by atoms with Crippen molar-refractivity contribution in [3.8, 4) is 5.75 Å². The topological polar surface area (TPSA) is 75.7 Å². The number of rotatable bonds is 5. The fourth-order valence-corrected chi connectivity index (χ4v) is 2.51. The Labute approximate surface area is 113 Å². The summed E-state index contributed by atoms with van der Waals surface area (Å²) in [6, 6.07) is 4.52. The zero-order valence-electron chi connectivity index (χ0n) is 11.4. The summed E-state index contributed by atoms with van der Waals surface area (Å²) in [5, 5.41) is 2.55. The lowest BCUT2D eigenvalue weighted by atomic mass is 10.3. The van der Waals surface area contributed by atoms with Gasteiger partial charge < -0.3 is 10.1 Å². The number of carbonyl (C=O) groups excluding carboxylic acids is 1. The van der Waals surface area contributed by atoms with E-state index in [9.17, 15) is 13.2 Å². The normalized spacial score (nSPS) is 11.4. The first-order valence-corrected chi connectivity index (χ1v) is 7.20. The lowest BCUT2D eigenvalue weighted by Gasteiger charge is -2.16. The molecule has 106 valence electrons. The minimum Gasteiger partial charge on any atom is -0.492 e. The average molecular weight is 286 g/mol. The van der Waals surface area contributed by atoms with E-state index in [1.54, 1.807) is 13.0 Å². The van der Waals surface area contributed by atoms with Crippen LogP contribution >= 0.6 is 0 Å². The molecule has 0 unspecified atom stereocenters.